The Morgan fingerprint density at radius 1 is 1.42 bits per heavy atom. The van der Waals surface area contributed by atoms with Gasteiger partial charge in [-0.05, 0) is 18.5 Å². The van der Waals surface area contributed by atoms with Crippen LogP contribution in [0.4, 0.5) is 0 Å². The van der Waals surface area contributed by atoms with E-state index in [1.54, 1.807) is 0 Å². The van der Waals surface area contributed by atoms with E-state index in [1.807, 2.05) is 18.2 Å². The first kappa shape index (κ1) is 12.2. The Morgan fingerprint density at radius 2 is 2.21 bits per heavy atom. The molecule has 1 amide bonds. The van der Waals surface area contributed by atoms with Crippen LogP contribution in [0.5, 0.6) is 0 Å². The summed E-state index contributed by atoms with van der Waals surface area (Å²) < 4.78 is 0. The van der Waals surface area contributed by atoms with Gasteiger partial charge in [-0.15, -0.1) is 0 Å². The maximum atomic E-state index is 11.8. The second-order valence-corrected chi connectivity index (χ2v) is 5.52. The Bertz CT molecular complexity index is 522. The highest BCUT2D eigenvalue weighted by molar-refractivity contribution is 5.83. The van der Waals surface area contributed by atoms with Gasteiger partial charge in [0.1, 0.15) is 0 Å². The van der Waals surface area contributed by atoms with Gasteiger partial charge in [-0.3, -0.25) is 9.69 Å². The Labute approximate surface area is 113 Å². The highest BCUT2D eigenvalue weighted by Crippen LogP contribution is 2.39. The molecule has 4 heteroatoms. The van der Waals surface area contributed by atoms with Gasteiger partial charge in [0.2, 0.25) is 5.91 Å². The van der Waals surface area contributed by atoms with Crippen LogP contribution in [0.1, 0.15) is 12.0 Å². The van der Waals surface area contributed by atoms with Crippen molar-refractivity contribution in [2.45, 2.75) is 13.0 Å². The van der Waals surface area contributed by atoms with Gasteiger partial charge in [0.05, 0.1) is 17.4 Å². The van der Waals surface area contributed by atoms with E-state index in [-0.39, 0.29) is 11.8 Å². The van der Waals surface area contributed by atoms with E-state index >= 15 is 0 Å². The van der Waals surface area contributed by atoms with E-state index in [1.165, 1.54) is 5.56 Å². The summed E-state index contributed by atoms with van der Waals surface area (Å²) in [6.45, 7) is 2.92. The van der Waals surface area contributed by atoms with Crippen LogP contribution in [0.2, 0.25) is 0 Å². The Morgan fingerprint density at radius 3 is 2.95 bits per heavy atom. The van der Waals surface area contributed by atoms with Crippen molar-refractivity contribution in [3.8, 4) is 6.07 Å². The van der Waals surface area contributed by atoms with Crippen LogP contribution >= 0.6 is 0 Å². The average Bonchev–Trinajstić information content (AvgIpc) is 2.78. The molecule has 0 aromatic heterocycles. The van der Waals surface area contributed by atoms with E-state index in [9.17, 15) is 10.1 Å². The minimum atomic E-state index is -0.524. The molecule has 0 radical (unpaired) electrons. The zero-order valence-corrected chi connectivity index (χ0v) is 10.8. The molecule has 2 atom stereocenters. The number of nitrogens with zero attached hydrogens (tertiary/aromatic N) is 2. The lowest BCUT2D eigenvalue weighted by atomic mass is 9.74. The topological polar surface area (TPSA) is 56.1 Å². The normalized spacial score (nSPS) is 30.5. The predicted octanol–water partition coefficient (Wildman–Crippen LogP) is 1.15. The van der Waals surface area contributed by atoms with Gasteiger partial charge in [-0.25, -0.2) is 0 Å². The molecule has 2 aliphatic rings. The number of rotatable bonds is 2. The lowest BCUT2D eigenvalue weighted by molar-refractivity contribution is -0.124. The van der Waals surface area contributed by atoms with Gasteiger partial charge in [0.15, 0.2) is 0 Å². The molecule has 1 unspecified atom stereocenters. The molecule has 2 heterocycles. The molecule has 0 saturated carbocycles. The number of piperidine rings is 1. The van der Waals surface area contributed by atoms with Gasteiger partial charge in [0, 0.05) is 19.6 Å². The number of carbonyl (C=O) groups excluding carboxylic acids is 1. The minimum Gasteiger partial charge on any atom is -0.354 e. The third-order valence-corrected chi connectivity index (χ3v) is 4.27. The fourth-order valence-corrected chi connectivity index (χ4v) is 3.23. The van der Waals surface area contributed by atoms with Crippen molar-refractivity contribution in [3.05, 3.63) is 35.9 Å². The van der Waals surface area contributed by atoms with Crippen LogP contribution in [0.15, 0.2) is 30.3 Å². The second-order valence-electron chi connectivity index (χ2n) is 5.52. The lowest BCUT2D eigenvalue weighted by Crippen LogP contribution is -2.48. The molecule has 2 fully saturated rings. The quantitative estimate of drug-likeness (QED) is 0.862. The van der Waals surface area contributed by atoms with E-state index in [0.29, 0.717) is 13.1 Å². The third kappa shape index (κ3) is 2.11. The number of hydrogen-bond acceptors (Lipinski definition) is 3. The molecular formula is C15H17N3O. The van der Waals surface area contributed by atoms with Gasteiger partial charge < -0.3 is 5.32 Å². The summed E-state index contributed by atoms with van der Waals surface area (Å²) in [6, 6.07) is 12.7. The fourth-order valence-electron chi connectivity index (χ4n) is 3.23. The van der Waals surface area contributed by atoms with Crippen molar-refractivity contribution in [2.75, 3.05) is 19.6 Å². The molecule has 0 spiro atoms. The first-order chi connectivity index (χ1) is 9.23. The van der Waals surface area contributed by atoms with Crippen molar-refractivity contribution in [1.82, 2.24) is 10.2 Å². The fraction of sp³-hybridized carbons (Fsp3) is 0.467. The van der Waals surface area contributed by atoms with Crippen molar-refractivity contribution in [3.63, 3.8) is 0 Å². The summed E-state index contributed by atoms with van der Waals surface area (Å²) in [4.78, 5) is 14.0. The van der Waals surface area contributed by atoms with Crippen molar-refractivity contribution >= 4 is 5.91 Å². The number of nitriles is 1. The van der Waals surface area contributed by atoms with E-state index in [0.717, 1.165) is 19.5 Å². The van der Waals surface area contributed by atoms with Crippen molar-refractivity contribution in [1.29, 1.82) is 5.26 Å². The standard InChI is InChI=1S/C15H17N3O/c16-9-15-10-17-14(19)13(15)6-7-18(11-15)8-12-4-2-1-3-5-12/h1-5,13H,6-8,10-11H2,(H,17,19)/t13-,15?/m1/s1. The third-order valence-electron chi connectivity index (χ3n) is 4.27. The summed E-state index contributed by atoms with van der Waals surface area (Å²) >= 11 is 0. The molecule has 0 aliphatic carbocycles. The summed E-state index contributed by atoms with van der Waals surface area (Å²) in [5.41, 5.74) is 0.732. The van der Waals surface area contributed by atoms with E-state index in [2.05, 4.69) is 28.4 Å². The van der Waals surface area contributed by atoms with Crippen LogP contribution in [-0.4, -0.2) is 30.4 Å². The second kappa shape index (κ2) is 4.67. The number of amides is 1. The first-order valence-corrected chi connectivity index (χ1v) is 6.69. The highest BCUT2D eigenvalue weighted by Gasteiger charge is 2.51. The van der Waals surface area contributed by atoms with Crippen molar-refractivity contribution < 1.29 is 4.79 Å². The van der Waals surface area contributed by atoms with Crippen LogP contribution in [0, 0.1) is 22.7 Å². The number of hydrogen-bond donors (Lipinski definition) is 1. The van der Waals surface area contributed by atoms with Crippen LogP contribution < -0.4 is 5.32 Å². The molecule has 1 aromatic carbocycles. The first-order valence-electron chi connectivity index (χ1n) is 6.69. The predicted molar refractivity (Wildman–Crippen MR) is 70.9 cm³/mol. The maximum absolute atomic E-state index is 11.8. The summed E-state index contributed by atoms with van der Waals surface area (Å²) in [6.07, 6.45) is 0.784. The molecule has 19 heavy (non-hydrogen) atoms. The molecule has 1 N–H and O–H groups in total. The number of nitrogens with one attached hydrogen (secondary N) is 1. The van der Waals surface area contributed by atoms with Crippen LogP contribution in [-0.2, 0) is 11.3 Å². The maximum Gasteiger partial charge on any atom is 0.224 e. The molecule has 2 saturated heterocycles. The number of benzene rings is 1. The monoisotopic (exact) mass is 255 g/mol. The highest BCUT2D eigenvalue weighted by atomic mass is 16.2. The van der Waals surface area contributed by atoms with E-state index in [4.69, 9.17) is 0 Å². The van der Waals surface area contributed by atoms with Gasteiger partial charge in [-0.1, -0.05) is 30.3 Å². The Kier molecular flexibility index (Phi) is 3.00. The lowest BCUT2D eigenvalue weighted by Gasteiger charge is -2.38. The molecule has 4 nitrogen and oxygen atoms in total. The van der Waals surface area contributed by atoms with Gasteiger partial charge in [0.25, 0.3) is 0 Å². The average molecular weight is 255 g/mol. The molecule has 1 aromatic rings. The molecular weight excluding hydrogens is 238 g/mol. The Balaban J connectivity index is 1.74. The minimum absolute atomic E-state index is 0.0564. The molecule has 3 rings (SSSR count). The largest absolute Gasteiger partial charge is 0.354 e. The molecule has 2 aliphatic heterocycles. The van der Waals surface area contributed by atoms with Crippen LogP contribution in [0.25, 0.3) is 0 Å². The summed E-state index contributed by atoms with van der Waals surface area (Å²) in [5.74, 6) is -0.0644. The molecule has 98 valence electrons. The number of carbonyl (C=O) groups is 1. The number of likely N-dealkylation sites (tertiary alicyclic amines) is 1. The molecule has 0 bridgehead atoms. The SMILES string of the molecule is N#CC12CNC(=O)[C@H]1CCN(Cc1ccccc1)C2. The van der Waals surface area contributed by atoms with Gasteiger partial charge >= 0.3 is 0 Å². The van der Waals surface area contributed by atoms with Crippen LogP contribution in [0.3, 0.4) is 0 Å². The van der Waals surface area contributed by atoms with Crippen molar-refractivity contribution in [2.24, 2.45) is 11.3 Å². The number of fused-ring (bicyclic) bond motifs is 1. The van der Waals surface area contributed by atoms with E-state index < -0.39 is 5.41 Å². The Hall–Kier alpha value is -1.86. The summed E-state index contributed by atoms with van der Waals surface area (Å²) in [5, 5.41) is 12.3. The zero-order chi connectivity index (χ0) is 13.3. The smallest absolute Gasteiger partial charge is 0.224 e. The van der Waals surface area contributed by atoms with Gasteiger partial charge in [-0.2, -0.15) is 5.26 Å². The summed E-state index contributed by atoms with van der Waals surface area (Å²) in [7, 11) is 0. The zero-order valence-electron chi connectivity index (χ0n) is 10.8.